The number of hydrogen-bond acceptors (Lipinski definition) is 4. The van der Waals surface area contributed by atoms with Crippen LogP contribution in [0, 0.1) is 6.92 Å². The molecule has 0 aliphatic carbocycles. The molecule has 3 rings (SSSR count). The first-order chi connectivity index (χ1) is 13.6. The van der Waals surface area contributed by atoms with Gasteiger partial charge in [0.15, 0.2) is 0 Å². The Labute approximate surface area is 165 Å². The Morgan fingerprint density at radius 1 is 1.00 bits per heavy atom. The third-order valence-corrected chi connectivity index (χ3v) is 4.27. The number of hydrogen-bond donors (Lipinski definition) is 1. The molecule has 0 saturated carbocycles. The van der Waals surface area contributed by atoms with Gasteiger partial charge in [0.25, 0.3) is 0 Å². The maximum absolute atomic E-state index is 12.1. The smallest absolute Gasteiger partial charge is 0.220 e. The zero-order chi connectivity index (χ0) is 19.8. The van der Waals surface area contributed by atoms with Crippen LogP contribution in [0.1, 0.15) is 23.1 Å². The van der Waals surface area contributed by atoms with Gasteiger partial charge in [0.05, 0.1) is 7.11 Å². The lowest BCUT2D eigenvalue weighted by atomic mass is 10.1. The molecule has 0 fully saturated rings. The number of carbonyl (C=O) groups is 1. The van der Waals surface area contributed by atoms with E-state index in [4.69, 9.17) is 9.47 Å². The molecular formula is C23H24N2O3. The predicted octanol–water partition coefficient (Wildman–Crippen LogP) is 4.44. The highest BCUT2D eigenvalue weighted by Gasteiger charge is 2.05. The van der Waals surface area contributed by atoms with Crippen LogP contribution in [0.4, 0.5) is 0 Å². The van der Waals surface area contributed by atoms with Crippen molar-refractivity contribution in [3.05, 3.63) is 83.6 Å². The largest absolute Gasteiger partial charge is 0.497 e. The molecule has 0 bridgehead atoms. The van der Waals surface area contributed by atoms with Crippen molar-refractivity contribution in [2.45, 2.75) is 26.3 Å². The van der Waals surface area contributed by atoms with Crippen LogP contribution in [-0.2, 0) is 17.8 Å². The first kappa shape index (κ1) is 19.4. The van der Waals surface area contributed by atoms with Gasteiger partial charge in [0.1, 0.15) is 11.5 Å². The van der Waals surface area contributed by atoms with E-state index in [1.807, 2.05) is 36.4 Å². The van der Waals surface area contributed by atoms with Crippen LogP contribution >= 0.6 is 0 Å². The number of carbonyl (C=O) groups excluding carboxylic acids is 1. The molecule has 5 nitrogen and oxygen atoms in total. The lowest BCUT2D eigenvalue weighted by Crippen LogP contribution is -2.23. The van der Waals surface area contributed by atoms with E-state index in [1.165, 1.54) is 11.1 Å². The van der Waals surface area contributed by atoms with E-state index in [-0.39, 0.29) is 5.91 Å². The second-order valence-electron chi connectivity index (χ2n) is 6.55. The summed E-state index contributed by atoms with van der Waals surface area (Å²) in [7, 11) is 1.61. The summed E-state index contributed by atoms with van der Waals surface area (Å²) in [5, 5.41) is 2.93. The van der Waals surface area contributed by atoms with E-state index in [0.29, 0.717) is 24.6 Å². The Kier molecular flexibility index (Phi) is 6.63. The summed E-state index contributed by atoms with van der Waals surface area (Å²) in [6, 6.07) is 19.2. The summed E-state index contributed by atoms with van der Waals surface area (Å²) in [5.74, 6) is 1.90. The standard InChI is InChI=1S/C23H24N2O3/c1-17-5-3-6-18(13-17)9-11-22(26)24-15-19-10-12-23(25-16-19)28-21-8-4-7-20(14-21)27-2/h3-8,10,12-14,16H,9,11,15H2,1-2H3,(H,24,26). The van der Waals surface area contributed by atoms with Gasteiger partial charge in [-0.15, -0.1) is 0 Å². The topological polar surface area (TPSA) is 60.5 Å². The molecule has 1 heterocycles. The fraction of sp³-hybridized carbons (Fsp3) is 0.217. The molecule has 1 amide bonds. The first-order valence-corrected chi connectivity index (χ1v) is 9.21. The number of aromatic nitrogens is 1. The molecule has 0 radical (unpaired) electrons. The minimum atomic E-state index is 0.0261. The second-order valence-corrected chi connectivity index (χ2v) is 6.55. The van der Waals surface area contributed by atoms with Gasteiger partial charge in [-0.2, -0.15) is 0 Å². The Hall–Kier alpha value is -3.34. The summed E-state index contributed by atoms with van der Waals surface area (Å²) >= 11 is 0. The van der Waals surface area contributed by atoms with Crippen molar-refractivity contribution in [2.24, 2.45) is 0 Å². The average Bonchev–Trinajstić information content (AvgIpc) is 2.72. The van der Waals surface area contributed by atoms with Crippen LogP contribution in [0.3, 0.4) is 0 Å². The van der Waals surface area contributed by atoms with Gasteiger partial charge < -0.3 is 14.8 Å². The number of pyridine rings is 1. The molecule has 1 N–H and O–H groups in total. The second kappa shape index (κ2) is 9.55. The molecule has 0 saturated heterocycles. The molecule has 0 aliphatic rings. The number of aryl methyl sites for hydroxylation is 2. The molecule has 3 aromatic rings. The number of rotatable bonds is 8. The quantitative estimate of drug-likeness (QED) is 0.631. The monoisotopic (exact) mass is 376 g/mol. The Balaban J connectivity index is 1.46. The fourth-order valence-corrected chi connectivity index (χ4v) is 2.78. The Morgan fingerprint density at radius 2 is 1.82 bits per heavy atom. The zero-order valence-corrected chi connectivity index (χ0v) is 16.1. The van der Waals surface area contributed by atoms with Crippen LogP contribution in [0.25, 0.3) is 0 Å². The van der Waals surface area contributed by atoms with Crippen molar-refractivity contribution >= 4 is 5.91 Å². The van der Waals surface area contributed by atoms with Crippen molar-refractivity contribution in [2.75, 3.05) is 7.11 Å². The highest BCUT2D eigenvalue weighted by molar-refractivity contribution is 5.76. The summed E-state index contributed by atoms with van der Waals surface area (Å²) < 4.78 is 10.9. The number of ether oxygens (including phenoxy) is 2. The molecule has 2 aromatic carbocycles. The van der Waals surface area contributed by atoms with Crippen LogP contribution in [0.15, 0.2) is 66.9 Å². The third-order valence-electron chi connectivity index (χ3n) is 4.27. The zero-order valence-electron chi connectivity index (χ0n) is 16.1. The summed E-state index contributed by atoms with van der Waals surface area (Å²) in [4.78, 5) is 16.4. The van der Waals surface area contributed by atoms with Gasteiger partial charge >= 0.3 is 0 Å². The average molecular weight is 376 g/mol. The number of methoxy groups -OCH3 is 1. The molecule has 0 unspecified atom stereocenters. The molecule has 0 atom stereocenters. The van der Waals surface area contributed by atoms with E-state index in [1.54, 1.807) is 25.4 Å². The van der Waals surface area contributed by atoms with E-state index >= 15 is 0 Å². The maximum Gasteiger partial charge on any atom is 0.220 e. The van der Waals surface area contributed by atoms with E-state index in [0.717, 1.165) is 17.7 Å². The van der Waals surface area contributed by atoms with Gasteiger partial charge in [-0.05, 0) is 36.6 Å². The molecule has 28 heavy (non-hydrogen) atoms. The normalized spacial score (nSPS) is 10.4. The maximum atomic E-state index is 12.1. The van der Waals surface area contributed by atoms with Crippen LogP contribution in [0.5, 0.6) is 17.4 Å². The number of nitrogens with zero attached hydrogens (tertiary/aromatic N) is 1. The molecule has 5 heteroatoms. The van der Waals surface area contributed by atoms with Gasteiger partial charge in [0, 0.05) is 31.3 Å². The third kappa shape index (κ3) is 5.84. The summed E-state index contributed by atoms with van der Waals surface area (Å²) in [6.07, 6.45) is 2.91. The first-order valence-electron chi connectivity index (χ1n) is 9.21. The fourth-order valence-electron chi connectivity index (χ4n) is 2.78. The highest BCUT2D eigenvalue weighted by Crippen LogP contribution is 2.23. The van der Waals surface area contributed by atoms with E-state index in [2.05, 4.69) is 29.4 Å². The minimum absolute atomic E-state index is 0.0261. The lowest BCUT2D eigenvalue weighted by Gasteiger charge is -2.08. The molecule has 1 aromatic heterocycles. The number of nitrogens with one attached hydrogen (secondary N) is 1. The minimum Gasteiger partial charge on any atom is -0.497 e. The Bertz CT molecular complexity index is 923. The van der Waals surface area contributed by atoms with Crippen molar-refractivity contribution < 1.29 is 14.3 Å². The summed E-state index contributed by atoms with van der Waals surface area (Å²) in [6.45, 7) is 2.50. The SMILES string of the molecule is COc1cccc(Oc2ccc(CNC(=O)CCc3cccc(C)c3)cn2)c1. The van der Waals surface area contributed by atoms with Crippen molar-refractivity contribution in [1.29, 1.82) is 0 Å². The van der Waals surface area contributed by atoms with Crippen LogP contribution in [-0.4, -0.2) is 18.0 Å². The van der Waals surface area contributed by atoms with Crippen molar-refractivity contribution in [3.8, 4) is 17.4 Å². The Morgan fingerprint density at radius 3 is 2.57 bits per heavy atom. The van der Waals surface area contributed by atoms with Gasteiger partial charge in [0.2, 0.25) is 11.8 Å². The molecule has 144 valence electrons. The van der Waals surface area contributed by atoms with E-state index < -0.39 is 0 Å². The highest BCUT2D eigenvalue weighted by atomic mass is 16.5. The molecular weight excluding hydrogens is 352 g/mol. The summed E-state index contributed by atoms with van der Waals surface area (Å²) in [5.41, 5.74) is 3.30. The van der Waals surface area contributed by atoms with Crippen LogP contribution in [0.2, 0.25) is 0 Å². The van der Waals surface area contributed by atoms with E-state index in [9.17, 15) is 4.79 Å². The van der Waals surface area contributed by atoms with Crippen molar-refractivity contribution in [3.63, 3.8) is 0 Å². The van der Waals surface area contributed by atoms with Gasteiger partial charge in [-0.1, -0.05) is 42.0 Å². The molecule has 0 spiro atoms. The van der Waals surface area contributed by atoms with Gasteiger partial charge in [-0.3, -0.25) is 4.79 Å². The number of amides is 1. The van der Waals surface area contributed by atoms with Gasteiger partial charge in [-0.25, -0.2) is 4.98 Å². The molecule has 0 aliphatic heterocycles. The lowest BCUT2D eigenvalue weighted by molar-refractivity contribution is -0.121. The van der Waals surface area contributed by atoms with Crippen molar-refractivity contribution in [1.82, 2.24) is 10.3 Å². The predicted molar refractivity (Wildman–Crippen MR) is 109 cm³/mol. The van der Waals surface area contributed by atoms with Crippen LogP contribution < -0.4 is 14.8 Å². The number of benzene rings is 2.